The van der Waals surface area contributed by atoms with Crippen molar-refractivity contribution in [3.8, 4) is 0 Å². The van der Waals surface area contributed by atoms with Gasteiger partial charge in [0.25, 0.3) is 0 Å². The summed E-state index contributed by atoms with van der Waals surface area (Å²) in [6.07, 6.45) is 0. The van der Waals surface area contributed by atoms with E-state index in [0.29, 0.717) is 35.6 Å². The van der Waals surface area contributed by atoms with Gasteiger partial charge in [-0.25, -0.2) is 9.42 Å². The van der Waals surface area contributed by atoms with Gasteiger partial charge in [0.1, 0.15) is 16.8 Å². The second kappa shape index (κ2) is 6.96. The second-order valence-corrected chi connectivity index (χ2v) is 5.72. The van der Waals surface area contributed by atoms with Gasteiger partial charge in [0.2, 0.25) is 0 Å². The predicted octanol–water partition coefficient (Wildman–Crippen LogP) is 3.01. The molecule has 0 spiro atoms. The van der Waals surface area contributed by atoms with Crippen molar-refractivity contribution in [3.05, 3.63) is 46.5 Å². The summed E-state index contributed by atoms with van der Waals surface area (Å²) in [5.41, 5.74) is 4.12. The Bertz CT molecular complexity index is 866. The molecule has 0 amide bonds. The summed E-state index contributed by atoms with van der Waals surface area (Å²) in [6.45, 7) is 8.24. The summed E-state index contributed by atoms with van der Waals surface area (Å²) in [5.74, 6) is -0.141. The largest absolute Gasteiger partial charge is 0.495 e. The molecule has 0 aliphatic carbocycles. The quantitative estimate of drug-likeness (QED) is 0.835. The van der Waals surface area contributed by atoms with E-state index in [9.17, 15) is 4.79 Å². The van der Waals surface area contributed by atoms with Crippen LogP contribution >= 0.6 is 0 Å². The number of benzene rings is 1. The molecular weight excluding hydrogens is 322 g/mol. The van der Waals surface area contributed by atoms with Gasteiger partial charge in [-0.05, 0) is 49.6 Å². The molecule has 1 N–H and O–H groups in total. The third-order valence-corrected chi connectivity index (χ3v) is 4.12. The second-order valence-electron chi connectivity index (χ2n) is 5.72. The maximum absolute atomic E-state index is 12.7. The summed E-state index contributed by atoms with van der Waals surface area (Å²) >= 11 is 0. The van der Waals surface area contributed by atoms with Crippen LogP contribution in [0.3, 0.4) is 0 Å². The third kappa shape index (κ3) is 2.97. The SMILES string of the molecule is CCOC(=O)C1=C(C)NC(C)=C(OCC)C1c1cccc2nonc12. The summed E-state index contributed by atoms with van der Waals surface area (Å²) in [5, 5.41) is 11.1. The van der Waals surface area contributed by atoms with E-state index in [0.717, 1.165) is 17.0 Å². The molecule has 2 heterocycles. The lowest BCUT2D eigenvalue weighted by Crippen LogP contribution is -2.30. The molecule has 7 nitrogen and oxygen atoms in total. The Morgan fingerprint density at radius 1 is 1.20 bits per heavy atom. The van der Waals surface area contributed by atoms with Crippen LogP contribution in [0.2, 0.25) is 0 Å². The van der Waals surface area contributed by atoms with E-state index in [1.165, 1.54) is 0 Å². The molecule has 0 bridgehead atoms. The number of nitrogens with zero attached hydrogens (tertiary/aromatic N) is 2. The number of carbonyl (C=O) groups is 1. The monoisotopic (exact) mass is 343 g/mol. The molecule has 0 saturated heterocycles. The summed E-state index contributed by atoms with van der Waals surface area (Å²) in [6, 6.07) is 5.58. The van der Waals surface area contributed by atoms with Crippen LogP contribution in [0, 0.1) is 0 Å². The Morgan fingerprint density at radius 3 is 2.72 bits per heavy atom. The molecule has 0 fully saturated rings. The van der Waals surface area contributed by atoms with Crippen LogP contribution in [0.1, 0.15) is 39.2 Å². The van der Waals surface area contributed by atoms with Crippen LogP contribution < -0.4 is 5.32 Å². The normalized spacial score (nSPS) is 17.7. The van der Waals surface area contributed by atoms with Gasteiger partial charge >= 0.3 is 5.97 Å². The number of nitrogens with one attached hydrogen (secondary N) is 1. The van der Waals surface area contributed by atoms with Crippen LogP contribution in [0.4, 0.5) is 0 Å². The zero-order chi connectivity index (χ0) is 18.0. The summed E-state index contributed by atoms with van der Waals surface area (Å²) in [4.78, 5) is 12.7. The van der Waals surface area contributed by atoms with Crippen molar-refractivity contribution in [1.29, 1.82) is 0 Å². The van der Waals surface area contributed by atoms with E-state index >= 15 is 0 Å². The van der Waals surface area contributed by atoms with Gasteiger partial charge in [-0.3, -0.25) is 0 Å². The van der Waals surface area contributed by atoms with Gasteiger partial charge < -0.3 is 14.8 Å². The van der Waals surface area contributed by atoms with E-state index < -0.39 is 5.92 Å². The van der Waals surface area contributed by atoms with Crippen molar-refractivity contribution >= 4 is 17.0 Å². The first-order valence-electron chi connectivity index (χ1n) is 8.28. The molecule has 1 aromatic heterocycles. The standard InChI is InChI=1S/C18H21N3O4/c1-5-23-17-11(4)19-10(3)14(18(22)24-6-2)15(17)12-8-7-9-13-16(12)21-25-20-13/h7-9,15,19H,5-6H2,1-4H3. The number of ether oxygens (including phenoxy) is 2. The number of aromatic nitrogens is 2. The van der Waals surface area contributed by atoms with Crippen LogP contribution in [0.25, 0.3) is 11.0 Å². The van der Waals surface area contributed by atoms with Crippen LogP contribution in [-0.4, -0.2) is 29.5 Å². The fourth-order valence-corrected chi connectivity index (χ4v) is 3.16. The van der Waals surface area contributed by atoms with Gasteiger partial charge in [0.05, 0.1) is 30.4 Å². The van der Waals surface area contributed by atoms with Crippen molar-refractivity contribution in [3.63, 3.8) is 0 Å². The van der Waals surface area contributed by atoms with Crippen molar-refractivity contribution < 1.29 is 18.9 Å². The number of esters is 1. The van der Waals surface area contributed by atoms with Gasteiger partial charge in [0, 0.05) is 5.70 Å². The minimum Gasteiger partial charge on any atom is -0.495 e. The number of hydrogen-bond acceptors (Lipinski definition) is 7. The molecule has 1 aromatic carbocycles. The molecule has 25 heavy (non-hydrogen) atoms. The fraction of sp³-hybridized carbons (Fsp3) is 0.389. The van der Waals surface area contributed by atoms with E-state index in [1.54, 1.807) is 6.92 Å². The van der Waals surface area contributed by atoms with Crippen LogP contribution in [-0.2, 0) is 14.3 Å². The number of hydrogen-bond donors (Lipinski definition) is 1. The maximum Gasteiger partial charge on any atom is 0.336 e. The van der Waals surface area contributed by atoms with E-state index in [4.69, 9.17) is 14.1 Å². The Kier molecular flexibility index (Phi) is 4.74. The van der Waals surface area contributed by atoms with Gasteiger partial charge in [-0.1, -0.05) is 12.1 Å². The number of carbonyl (C=O) groups excluding carboxylic acids is 1. The van der Waals surface area contributed by atoms with E-state index in [1.807, 2.05) is 39.0 Å². The van der Waals surface area contributed by atoms with E-state index in [-0.39, 0.29) is 5.97 Å². The lowest BCUT2D eigenvalue weighted by atomic mass is 9.84. The molecule has 7 heteroatoms. The molecule has 1 aliphatic heterocycles. The molecular formula is C18H21N3O4. The smallest absolute Gasteiger partial charge is 0.336 e. The van der Waals surface area contributed by atoms with Crippen molar-refractivity contribution in [2.45, 2.75) is 33.6 Å². The Balaban J connectivity index is 2.22. The number of fused-ring (bicyclic) bond motifs is 1. The van der Waals surface area contributed by atoms with Crippen molar-refractivity contribution in [2.24, 2.45) is 0 Å². The van der Waals surface area contributed by atoms with Crippen LogP contribution in [0.5, 0.6) is 0 Å². The molecule has 132 valence electrons. The zero-order valence-electron chi connectivity index (χ0n) is 14.8. The van der Waals surface area contributed by atoms with Crippen molar-refractivity contribution in [1.82, 2.24) is 15.6 Å². The maximum atomic E-state index is 12.7. The van der Waals surface area contributed by atoms with Crippen LogP contribution in [0.15, 0.2) is 45.6 Å². The van der Waals surface area contributed by atoms with Gasteiger partial charge in [-0.15, -0.1) is 0 Å². The van der Waals surface area contributed by atoms with E-state index in [2.05, 4.69) is 15.6 Å². The lowest BCUT2D eigenvalue weighted by Gasteiger charge is -2.31. The molecule has 3 rings (SSSR count). The zero-order valence-corrected chi connectivity index (χ0v) is 14.8. The highest BCUT2D eigenvalue weighted by atomic mass is 16.6. The average molecular weight is 343 g/mol. The molecule has 2 aromatic rings. The Morgan fingerprint density at radius 2 is 2.00 bits per heavy atom. The minimum absolute atomic E-state index is 0.296. The average Bonchev–Trinajstić information content (AvgIpc) is 3.06. The molecule has 1 unspecified atom stereocenters. The Hall–Kier alpha value is -2.83. The Labute approximate surface area is 145 Å². The first kappa shape index (κ1) is 17.0. The summed E-state index contributed by atoms with van der Waals surface area (Å²) < 4.78 is 16.1. The highest BCUT2D eigenvalue weighted by molar-refractivity contribution is 5.94. The van der Waals surface area contributed by atoms with Gasteiger partial charge in [-0.2, -0.15) is 0 Å². The number of allylic oxidation sites excluding steroid dienone is 3. The summed E-state index contributed by atoms with van der Waals surface area (Å²) in [7, 11) is 0. The van der Waals surface area contributed by atoms with Crippen molar-refractivity contribution in [2.75, 3.05) is 13.2 Å². The third-order valence-electron chi connectivity index (χ3n) is 4.12. The first-order valence-corrected chi connectivity index (χ1v) is 8.28. The first-order chi connectivity index (χ1) is 12.1. The number of dihydropyridines is 1. The number of rotatable bonds is 5. The topological polar surface area (TPSA) is 86.5 Å². The molecule has 0 saturated carbocycles. The fourth-order valence-electron chi connectivity index (χ4n) is 3.16. The highest BCUT2D eigenvalue weighted by Gasteiger charge is 2.36. The molecule has 1 atom stereocenters. The molecule has 0 radical (unpaired) electrons. The minimum atomic E-state index is -0.434. The van der Waals surface area contributed by atoms with Gasteiger partial charge in [0.15, 0.2) is 0 Å². The predicted molar refractivity (Wildman–Crippen MR) is 91.3 cm³/mol. The molecule has 1 aliphatic rings. The lowest BCUT2D eigenvalue weighted by molar-refractivity contribution is -0.139. The highest BCUT2D eigenvalue weighted by Crippen LogP contribution is 2.41.